The second-order valence-corrected chi connectivity index (χ2v) is 19.3. The number of hydrogen-bond acceptors (Lipinski definition) is 5. The smallest absolute Gasteiger partial charge is 0.305 e. The molecule has 3 N–H and O–H groups in total. The third-order valence-electron chi connectivity index (χ3n) is 13.1. The molecule has 0 heterocycles. The quantitative estimate of drug-likeness (QED) is 0.0321. The van der Waals surface area contributed by atoms with Gasteiger partial charge in [-0.15, -0.1) is 0 Å². The van der Waals surface area contributed by atoms with Gasteiger partial charge in [-0.25, -0.2) is 0 Å². The highest BCUT2D eigenvalue weighted by Gasteiger charge is 2.18. The number of unbranched alkanes of at least 4 members (excludes halogenated alkanes) is 41. The van der Waals surface area contributed by atoms with E-state index in [1.54, 1.807) is 6.08 Å². The SMILES string of the molecule is CCCCCCCCCCC/C=C/C(O)C(CO)NC(=O)CCCCCCCCCCCCCCCCCCCCCCCCOC(=O)CCCCCCCCCCCCCC. The number of allylic oxidation sites excluding steroid dienone is 1. The summed E-state index contributed by atoms with van der Waals surface area (Å²) in [6.07, 6.45) is 60.9. The molecule has 0 bridgehead atoms. The number of ether oxygens (including phenoxy) is 1. The minimum absolute atomic E-state index is 0.0135. The van der Waals surface area contributed by atoms with Crippen molar-refractivity contribution in [2.75, 3.05) is 13.2 Å². The van der Waals surface area contributed by atoms with Crippen molar-refractivity contribution in [3.8, 4) is 0 Å². The van der Waals surface area contributed by atoms with Crippen molar-refractivity contribution >= 4 is 11.9 Å². The highest BCUT2D eigenvalue weighted by atomic mass is 16.5. The second kappa shape index (κ2) is 52.2. The van der Waals surface area contributed by atoms with Crippen LogP contribution in [0.2, 0.25) is 0 Å². The number of carbonyl (C=O) groups excluding carboxylic acids is 2. The summed E-state index contributed by atoms with van der Waals surface area (Å²) in [5, 5.41) is 23.0. The van der Waals surface area contributed by atoms with Gasteiger partial charge in [-0.3, -0.25) is 9.59 Å². The summed E-state index contributed by atoms with van der Waals surface area (Å²) in [6.45, 7) is 4.90. The van der Waals surface area contributed by atoms with E-state index >= 15 is 0 Å². The van der Waals surface area contributed by atoms with E-state index in [0.29, 0.717) is 19.4 Å². The molecule has 6 nitrogen and oxygen atoms in total. The van der Waals surface area contributed by atoms with Crippen molar-refractivity contribution in [2.24, 2.45) is 0 Å². The van der Waals surface area contributed by atoms with E-state index in [1.165, 1.54) is 244 Å². The molecule has 6 heteroatoms. The minimum atomic E-state index is -0.842. The molecule has 2 unspecified atom stereocenters. The number of aliphatic hydroxyl groups excluding tert-OH is 2. The van der Waals surface area contributed by atoms with Crippen LogP contribution in [0.15, 0.2) is 12.2 Å². The van der Waals surface area contributed by atoms with E-state index in [0.717, 1.165) is 38.5 Å². The average molecular weight is 876 g/mol. The predicted octanol–water partition coefficient (Wildman–Crippen LogP) is 16.9. The molecule has 2 atom stereocenters. The Hall–Kier alpha value is -1.40. The minimum Gasteiger partial charge on any atom is -0.466 e. The molecular weight excluding hydrogens is 767 g/mol. The van der Waals surface area contributed by atoms with Crippen LogP contribution in [0.1, 0.15) is 309 Å². The van der Waals surface area contributed by atoms with Crippen molar-refractivity contribution in [3.05, 3.63) is 12.2 Å². The van der Waals surface area contributed by atoms with Crippen LogP contribution in [0, 0.1) is 0 Å². The first-order chi connectivity index (χ1) is 30.5. The van der Waals surface area contributed by atoms with Crippen molar-refractivity contribution < 1.29 is 24.5 Å². The molecule has 0 saturated carbocycles. The molecule has 0 aliphatic carbocycles. The van der Waals surface area contributed by atoms with E-state index in [4.69, 9.17) is 4.74 Å². The van der Waals surface area contributed by atoms with Gasteiger partial charge in [-0.2, -0.15) is 0 Å². The molecule has 0 aromatic rings. The number of nitrogens with one attached hydrogen (secondary N) is 1. The van der Waals surface area contributed by atoms with Crippen LogP contribution in [-0.4, -0.2) is 47.4 Å². The predicted molar refractivity (Wildman–Crippen MR) is 269 cm³/mol. The zero-order valence-electron chi connectivity index (χ0n) is 41.9. The number of amides is 1. The van der Waals surface area contributed by atoms with Crippen molar-refractivity contribution in [2.45, 2.75) is 321 Å². The third kappa shape index (κ3) is 48.1. The van der Waals surface area contributed by atoms with Crippen LogP contribution in [0.25, 0.3) is 0 Å². The molecule has 0 rings (SSSR count). The van der Waals surface area contributed by atoms with E-state index in [1.807, 2.05) is 6.08 Å². The summed E-state index contributed by atoms with van der Waals surface area (Å²) < 4.78 is 5.47. The summed E-state index contributed by atoms with van der Waals surface area (Å²) in [5.41, 5.74) is 0. The summed E-state index contributed by atoms with van der Waals surface area (Å²) in [4.78, 5) is 24.4. The second-order valence-electron chi connectivity index (χ2n) is 19.3. The Morgan fingerprint density at radius 2 is 0.742 bits per heavy atom. The zero-order chi connectivity index (χ0) is 45.1. The lowest BCUT2D eigenvalue weighted by atomic mass is 10.0. The maximum absolute atomic E-state index is 12.4. The lowest BCUT2D eigenvalue weighted by molar-refractivity contribution is -0.143. The molecular formula is C56H109NO5. The largest absolute Gasteiger partial charge is 0.466 e. The van der Waals surface area contributed by atoms with Gasteiger partial charge in [0.2, 0.25) is 5.91 Å². The first-order valence-electron chi connectivity index (χ1n) is 28.0. The average Bonchev–Trinajstić information content (AvgIpc) is 3.27. The van der Waals surface area contributed by atoms with E-state index < -0.39 is 12.1 Å². The Kier molecular flexibility index (Phi) is 51.0. The van der Waals surface area contributed by atoms with Gasteiger partial charge in [0.25, 0.3) is 0 Å². The Morgan fingerprint density at radius 1 is 0.435 bits per heavy atom. The van der Waals surface area contributed by atoms with Crippen molar-refractivity contribution in [1.82, 2.24) is 5.32 Å². The van der Waals surface area contributed by atoms with Crippen LogP contribution in [-0.2, 0) is 14.3 Å². The van der Waals surface area contributed by atoms with Crippen LogP contribution in [0.3, 0.4) is 0 Å². The first-order valence-corrected chi connectivity index (χ1v) is 28.0. The molecule has 0 spiro atoms. The molecule has 62 heavy (non-hydrogen) atoms. The summed E-state index contributed by atoms with van der Waals surface area (Å²) in [6, 6.07) is -0.625. The summed E-state index contributed by atoms with van der Waals surface area (Å²) in [7, 11) is 0. The molecule has 0 saturated heterocycles. The van der Waals surface area contributed by atoms with Gasteiger partial charge in [-0.05, 0) is 32.1 Å². The molecule has 0 fully saturated rings. The van der Waals surface area contributed by atoms with Crippen LogP contribution < -0.4 is 5.32 Å². The Labute approximate surface area is 387 Å². The monoisotopic (exact) mass is 876 g/mol. The molecule has 0 aliphatic rings. The molecule has 0 radical (unpaired) electrons. The van der Waals surface area contributed by atoms with Gasteiger partial charge < -0.3 is 20.3 Å². The molecule has 0 aromatic carbocycles. The zero-order valence-corrected chi connectivity index (χ0v) is 41.9. The topological polar surface area (TPSA) is 95.9 Å². The van der Waals surface area contributed by atoms with Gasteiger partial charge >= 0.3 is 5.97 Å². The lowest BCUT2D eigenvalue weighted by Gasteiger charge is -2.20. The van der Waals surface area contributed by atoms with Crippen molar-refractivity contribution in [1.29, 1.82) is 0 Å². The standard InChI is InChI=1S/C56H109NO5/c1-3-5-7-9-11-13-15-30-34-38-42-46-50-56(61)62-51-47-43-39-35-31-27-25-23-21-19-17-16-18-20-22-24-26-29-33-37-41-45-49-55(60)57-53(52-58)54(59)48-44-40-36-32-28-14-12-10-8-6-4-2/h44,48,53-54,58-59H,3-43,45-47,49-52H2,1-2H3,(H,57,60)/b48-44+. The maximum atomic E-state index is 12.4. The summed E-state index contributed by atoms with van der Waals surface area (Å²) >= 11 is 0. The number of esters is 1. The van der Waals surface area contributed by atoms with Gasteiger partial charge in [0.05, 0.1) is 25.4 Å². The van der Waals surface area contributed by atoms with Crippen molar-refractivity contribution in [3.63, 3.8) is 0 Å². The number of aliphatic hydroxyl groups is 2. The number of hydrogen-bond donors (Lipinski definition) is 3. The maximum Gasteiger partial charge on any atom is 0.305 e. The fourth-order valence-electron chi connectivity index (χ4n) is 8.75. The highest BCUT2D eigenvalue weighted by molar-refractivity contribution is 5.76. The summed E-state index contributed by atoms with van der Waals surface area (Å²) in [5.74, 6) is -0.0550. The highest BCUT2D eigenvalue weighted by Crippen LogP contribution is 2.17. The fourth-order valence-corrected chi connectivity index (χ4v) is 8.75. The van der Waals surface area contributed by atoms with Gasteiger partial charge in [0, 0.05) is 12.8 Å². The molecule has 0 aliphatic heterocycles. The van der Waals surface area contributed by atoms with E-state index in [-0.39, 0.29) is 18.5 Å². The van der Waals surface area contributed by atoms with Crippen LogP contribution >= 0.6 is 0 Å². The van der Waals surface area contributed by atoms with Gasteiger partial charge in [0.15, 0.2) is 0 Å². The molecule has 368 valence electrons. The fraction of sp³-hybridized carbons (Fsp3) is 0.929. The Bertz CT molecular complexity index is 924. The molecule has 1 amide bonds. The number of carbonyl (C=O) groups is 2. The first kappa shape index (κ1) is 60.6. The Balaban J connectivity index is 3.37. The van der Waals surface area contributed by atoms with Crippen LogP contribution in [0.5, 0.6) is 0 Å². The molecule has 0 aromatic heterocycles. The van der Waals surface area contributed by atoms with Crippen LogP contribution in [0.4, 0.5) is 0 Å². The van der Waals surface area contributed by atoms with Gasteiger partial charge in [-0.1, -0.05) is 276 Å². The lowest BCUT2D eigenvalue weighted by Crippen LogP contribution is -2.45. The third-order valence-corrected chi connectivity index (χ3v) is 13.1. The normalized spacial score (nSPS) is 12.6. The number of rotatable bonds is 52. The van der Waals surface area contributed by atoms with E-state index in [2.05, 4.69) is 19.2 Å². The van der Waals surface area contributed by atoms with Gasteiger partial charge in [0.1, 0.15) is 0 Å². The van der Waals surface area contributed by atoms with E-state index in [9.17, 15) is 19.8 Å². The Morgan fingerprint density at radius 3 is 1.10 bits per heavy atom.